The van der Waals surface area contributed by atoms with Gasteiger partial charge in [0, 0.05) is 11.6 Å². The van der Waals surface area contributed by atoms with E-state index < -0.39 is 0 Å². The lowest BCUT2D eigenvalue weighted by molar-refractivity contribution is -0.117. The van der Waals surface area contributed by atoms with E-state index in [2.05, 4.69) is 29.7 Å². The van der Waals surface area contributed by atoms with E-state index in [0.717, 1.165) is 35.5 Å². The number of unbranched alkanes of at least 4 members (excludes halogenated alkanes) is 2. The zero-order valence-electron chi connectivity index (χ0n) is 15.4. The highest BCUT2D eigenvalue weighted by Gasteiger charge is 2.30. The van der Waals surface area contributed by atoms with Crippen molar-refractivity contribution in [3.05, 3.63) is 46.3 Å². The summed E-state index contributed by atoms with van der Waals surface area (Å²) in [6.07, 6.45) is 6.69. The van der Waals surface area contributed by atoms with E-state index in [1.807, 2.05) is 25.1 Å². The Hall–Kier alpha value is -2.14. The molecule has 0 spiro atoms. The minimum atomic E-state index is -0.127. The summed E-state index contributed by atoms with van der Waals surface area (Å²) in [5.41, 5.74) is 2.98. The molecule has 5 heteroatoms. The number of hydrogen-bond donors (Lipinski definition) is 2. The van der Waals surface area contributed by atoms with Crippen LogP contribution in [0.15, 0.2) is 30.3 Å². The molecule has 1 aliphatic rings. The number of amides is 2. The van der Waals surface area contributed by atoms with Crippen molar-refractivity contribution in [2.45, 2.75) is 52.4 Å². The first-order chi connectivity index (χ1) is 12.6. The van der Waals surface area contributed by atoms with Gasteiger partial charge in [0.2, 0.25) is 5.91 Å². The van der Waals surface area contributed by atoms with Gasteiger partial charge in [0.15, 0.2) is 0 Å². The molecule has 2 amide bonds. The summed E-state index contributed by atoms with van der Waals surface area (Å²) in [6, 6.07) is 9.94. The van der Waals surface area contributed by atoms with E-state index in [1.54, 1.807) is 0 Å². The monoisotopic (exact) mass is 370 g/mol. The predicted octanol–water partition coefficient (Wildman–Crippen LogP) is 5.39. The van der Waals surface area contributed by atoms with Gasteiger partial charge in [0.05, 0.1) is 9.88 Å². The molecule has 0 saturated heterocycles. The van der Waals surface area contributed by atoms with Crippen LogP contribution in [0, 0.1) is 12.8 Å². The minimum absolute atomic E-state index is 0.0665. The summed E-state index contributed by atoms with van der Waals surface area (Å²) in [5.74, 6) is 0.0977. The molecule has 0 bridgehead atoms. The number of benzene rings is 1. The zero-order chi connectivity index (χ0) is 18.5. The second-order valence-electron chi connectivity index (χ2n) is 6.99. The lowest BCUT2D eigenvalue weighted by Gasteiger charge is -2.06. The second-order valence-corrected chi connectivity index (χ2v) is 8.05. The SMILES string of the molecule is CCCCCc1ccc(NC(=O)c2sc(NC(=O)C3CC3)cc2C)cc1. The fraction of sp³-hybridized carbons (Fsp3) is 0.429. The number of thiophene rings is 1. The van der Waals surface area contributed by atoms with Gasteiger partial charge in [-0.3, -0.25) is 9.59 Å². The average molecular weight is 371 g/mol. The van der Waals surface area contributed by atoms with Crippen molar-refractivity contribution in [1.82, 2.24) is 0 Å². The number of anilines is 2. The standard InChI is InChI=1S/C21H26N2O2S/c1-3-4-5-6-15-7-11-17(12-8-15)22-21(25)19-14(2)13-18(26-19)23-20(24)16-9-10-16/h7-8,11-13,16H,3-6,9-10H2,1-2H3,(H,22,25)(H,23,24). The normalized spacial score (nSPS) is 13.5. The van der Waals surface area contributed by atoms with E-state index in [4.69, 9.17) is 0 Å². The Kier molecular flexibility index (Phi) is 6.09. The van der Waals surface area contributed by atoms with Gasteiger partial charge in [-0.1, -0.05) is 31.9 Å². The third-order valence-corrected chi connectivity index (χ3v) is 5.75. The average Bonchev–Trinajstić information content (AvgIpc) is 3.40. The minimum Gasteiger partial charge on any atom is -0.321 e. The van der Waals surface area contributed by atoms with Crippen LogP contribution in [0.2, 0.25) is 0 Å². The van der Waals surface area contributed by atoms with Crippen molar-refractivity contribution < 1.29 is 9.59 Å². The van der Waals surface area contributed by atoms with Crippen LogP contribution >= 0.6 is 11.3 Å². The second kappa shape index (κ2) is 8.49. The molecule has 1 aromatic heterocycles. The van der Waals surface area contributed by atoms with Crippen molar-refractivity contribution in [2.75, 3.05) is 10.6 Å². The molecule has 26 heavy (non-hydrogen) atoms. The van der Waals surface area contributed by atoms with Crippen molar-refractivity contribution in [3.63, 3.8) is 0 Å². The summed E-state index contributed by atoms with van der Waals surface area (Å²) < 4.78 is 0. The van der Waals surface area contributed by atoms with E-state index in [1.165, 1.54) is 36.2 Å². The number of hydrogen-bond acceptors (Lipinski definition) is 3. The lowest BCUT2D eigenvalue weighted by atomic mass is 10.1. The highest BCUT2D eigenvalue weighted by molar-refractivity contribution is 7.18. The zero-order valence-corrected chi connectivity index (χ0v) is 16.2. The quantitative estimate of drug-likeness (QED) is 0.612. The third kappa shape index (κ3) is 4.94. The molecule has 1 fully saturated rings. The largest absolute Gasteiger partial charge is 0.321 e. The fourth-order valence-corrected chi connectivity index (χ4v) is 3.83. The maximum atomic E-state index is 12.6. The molecule has 2 N–H and O–H groups in total. The maximum Gasteiger partial charge on any atom is 0.266 e. The van der Waals surface area contributed by atoms with Gasteiger partial charge in [0.25, 0.3) is 5.91 Å². The maximum absolute atomic E-state index is 12.6. The molecule has 0 atom stereocenters. The highest BCUT2D eigenvalue weighted by atomic mass is 32.1. The Morgan fingerprint density at radius 3 is 2.50 bits per heavy atom. The van der Waals surface area contributed by atoms with Crippen molar-refractivity contribution in [2.24, 2.45) is 5.92 Å². The van der Waals surface area contributed by atoms with Crippen molar-refractivity contribution >= 4 is 33.8 Å². The molecule has 0 unspecified atom stereocenters. The van der Waals surface area contributed by atoms with Gasteiger partial charge in [-0.25, -0.2) is 0 Å². The molecular formula is C21H26N2O2S. The van der Waals surface area contributed by atoms with Crippen LogP contribution < -0.4 is 10.6 Å². The molecule has 4 nitrogen and oxygen atoms in total. The van der Waals surface area contributed by atoms with Gasteiger partial charge in [-0.2, -0.15) is 0 Å². The molecule has 1 saturated carbocycles. The van der Waals surface area contributed by atoms with E-state index in [9.17, 15) is 9.59 Å². The van der Waals surface area contributed by atoms with Crippen LogP contribution in [-0.2, 0) is 11.2 Å². The van der Waals surface area contributed by atoms with Crippen LogP contribution in [0.5, 0.6) is 0 Å². The summed E-state index contributed by atoms with van der Waals surface area (Å²) >= 11 is 1.33. The number of rotatable bonds is 8. The molecule has 0 aliphatic heterocycles. The van der Waals surface area contributed by atoms with Gasteiger partial charge in [-0.05, 0) is 61.9 Å². The Morgan fingerprint density at radius 2 is 1.85 bits per heavy atom. The molecule has 1 heterocycles. The molecule has 138 valence electrons. The van der Waals surface area contributed by atoms with Crippen LogP contribution in [-0.4, -0.2) is 11.8 Å². The fourth-order valence-electron chi connectivity index (χ4n) is 2.86. The van der Waals surface area contributed by atoms with Crippen LogP contribution in [0.4, 0.5) is 10.7 Å². The van der Waals surface area contributed by atoms with Gasteiger partial charge >= 0.3 is 0 Å². The number of aryl methyl sites for hydroxylation is 2. The number of nitrogens with one attached hydrogen (secondary N) is 2. The van der Waals surface area contributed by atoms with Gasteiger partial charge in [-0.15, -0.1) is 11.3 Å². The summed E-state index contributed by atoms with van der Waals surface area (Å²) in [6.45, 7) is 4.10. The summed E-state index contributed by atoms with van der Waals surface area (Å²) in [4.78, 5) is 25.1. The van der Waals surface area contributed by atoms with E-state index >= 15 is 0 Å². The van der Waals surface area contributed by atoms with E-state index in [-0.39, 0.29) is 17.7 Å². The molecule has 1 aliphatic carbocycles. The Labute approximate surface area is 159 Å². The predicted molar refractivity (Wildman–Crippen MR) is 108 cm³/mol. The Morgan fingerprint density at radius 1 is 1.12 bits per heavy atom. The molecule has 2 aromatic rings. The molecular weight excluding hydrogens is 344 g/mol. The van der Waals surface area contributed by atoms with Crippen molar-refractivity contribution in [1.29, 1.82) is 0 Å². The van der Waals surface area contributed by atoms with Crippen molar-refractivity contribution in [3.8, 4) is 0 Å². The highest BCUT2D eigenvalue weighted by Crippen LogP contribution is 2.33. The first-order valence-electron chi connectivity index (χ1n) is 9.38. The van der Waals surface area contributed by atoms with Crippen LogP contribution in [0.25, 0.3) is 0 Å². The number of carbonyl (C=O) groups excluding carboxylic acids is 2. The van der Waals surface area contributed by atoms with Crippen LogP contribution in [0.3, 0.4) is 0 Å². The van der Waals surface area contributed by atoms with Gasteiger partial charge in [0.1, 0.15) is 0 Å². The van der Waals surface area contributed by atoms with E-state index in [0.29, 0.717) is 4.88 Å². The lowest BCUT2D eigenvalue weighted by Crippen LogP contribution is -2.12. The summed E-state index contributed by atoms with van der Waals surface area (Å²) in [7, 11) is 0. The molecule has 3 rings (SSSR count). The topological polar surface area (TPSA) is 58.2 Å². The van der Waals surface area contributed by atoms with Gasteiger partial charge < -0.3 is 10.6 Å². The smallest absolute Gasteiger partial charge is 0.266 e. The molecule has 0 radical (unpaired) electrons. The first kappa shape index (κ1) is 18.6. The number of carbonyl (C=O) groups is 2. The Balaban J connectivity index is 1.58. The van der Waals surface area contributed by atoms with Crippen LogP contribution in [0.1, 0.15) is 59.8 Å². The Bertz CT molecular complexity index is 776. The first-order valence-corrected chi connectivity index (χ1v) is 10.2. The molecule has 1 aromatic carbocycles. The summed E-state index contributed by atoms with van der Waals surface area (Å²) in [5, 5.41) is 6.62. The third-order valence-electron chi connectivity index (χ3n) is 4.60.